The molecule has 25 heavy (non-hydrogen) atoms. The maximum atomic E-state index is 12.2. The summed E-state index contributed by atoms with van der Waals surface area (Å²) >= 11 is 0. The summed E-state index contributed by atoms with van der Waals surface area (Å²) in [6.07, 6.45) is 0. The van der Waals surface area contributed by atoms with Crippen LogP contribution in [-0.4, -0.2) is 62.4 Å². The van der Waals surface area contributed by atoms with E-state index >= 15 is 0 Å². The number of sulfonamides is 1. The molecule has 1 aliphatic heterocycles. The van der Waals surface area contributed by atoms with Gasteiger partial charge in [-0.25, -0.2) is 8.42 Å². The molecule has 1 amide bonds. The highest BCUT2D eigenvalue weighted by molar-refractivity contribution is 7.89. The highest BCUT2D eigenvalue weighted by Crippen LogP contribution is 2.19. The van der Waals surface area contributed by atoms with Crippen molar-refractivity contribution in [3.05, 3.63) is 42.1 Å². The number of rotatable bonds is 6. The largest absolute Gasteiger partial charge is 0.379 e. The van der Waals surface area contributed by atoms with E-state index < -0.39 is 15.9 Å². The van der Waals surface area contributed by atoms with Crippen molar-refractivity contribution < 1.29 is 22.5 Å². The monoisotopic (exact) mass is 365 g/mol. The Morgan fingerprint density at radius 2 is 1.92 bits per heavy atom. The molecule has 0 aliphatic carbocycles. The highest BCUT2D eigenvalue weighted by Gasteiger charge is 2.24. The van der Waals surface area contributed by atoms with Crippen molar-refractivity contribution in [3.8, 4) is 11.3 Å². The van der Waals surface area contributed by atoms with Gasteiger partial charge in [-0.2, -0.15) is 4.31 Å². The third-order valence-electron chi connectivity index (χ3n) is 3.81. The molecule has 0 unspecified atom stereocenters. The fraction of sp³-hybridized carbons (Fsp3) is 0.375. The third kappa shape index (κ3) is 4.44. The van der Waals surface area contributed by atoms with Crippen LogP contribution in [0.1, 0.15) is 10.5 Å². The van der Waals surface area contributed by atoms with Crippen molar-refractivity contribution >= 4 is 15.9 Å². The van der Waals surface area contributed by atoms with E-state index in [0.717, 1.165) is 5.56 Å². The van der Waals surface area contributed by atoms with E-state index in [2.05, 4.69) is 10.5 Å². The van der Waals surface area contributed by atoms with Crippen LogP contribution < -0.4 is 5.32 Å². The molecule has 1 fully saturated rings. The molecule has 1 N–H and O–H groups in total. The number of morpholine rings is 1. The highest BCUT2D eigenvalue weighted by atomic mass is 32.2. The van der Waals surface area contributed by atoms with Crippen molar-refractivity contribution in [2.45, 2.75) is 0 Å². The molecule has 8 nitrogen and oxygen atoms in total. The van der Waals surface area contributed by atoms with Gasteiger partial charge in [0.2, 0.25) is 10.0 Å². The summed E-state index contributed by atoms with van der Waals surface area (Å²) in [5.41, 5.74) is 0.923. The van der Waals surface area contributed by atoms with Crippen molar-refractivity contribution in [3.63, 3.8) is 0 Å². The van der Waals surface area contributed by atoms with Gasteiger partial charge in [0, 0.05) is 31.3 Å². The molecule has 2 aromatic rings. The number of carbonyl (C=O) groups is 1. The lowest BCUT2D eigenvalue weighted by Crippen LogP contribution is -2.43. The van der Waals surface area contributed by atoms with Crippen LogP contribution in [0.5, 0.6) is 0 Å². The van der Waals surface area contributed by atoms with Gasteiger partial charge >= 0.3 is 0 Å². The lowest BCUT2D eigenvalue weighted by molar-refractivity contribution is 0.0730. The molecule has 9 heteroatoms. The molecule has 0 spiro atoms. The molecule has 0 radical (unpaired) electrons. The second-order valence-electron chi connectivity index (χ2n) is 5.53. The number of hydrogen-bond acceptors (Lipinski definition) is 6. The number of benzene rings is 1. The molecule has 0 atom stereocenters. The van der Waals surface area contributed by atoms with Crippen LogP contribution >= 0.6 is 0 Å². The van der Waals surface area contributed by atoms with Crippen molar-refractivity contribution in [1.82, 2.24) is 14.8 Å². The van der Waals surface area contributed by atoms with Crippen LogP contribution in [0.4, 0.5) is 0 Å². The molecule has 1 aromatic heterocycles. The van der Waals surface area contributed by atoms with E-state index in [1.807, 2.05) is 30.3 Å². The number of hydrogen-bond donors (Lipinski definition) is 1. The van der Waals surface area contributed by atoms with Crippen molar-refractivity contribution in [2.24, 2.45) is 0 Å². The van der Waals surface area contributed by atoms with Gasteiger partial charge in [-0.1, -0.05) is 35.5 Å². The average Bonchev–Trinajstić information content (AvgIpc) is 3.13. The van der Waals surface area contributed by atoms with E-state index in [1.165, 1.54) is 10.4 Å². The maximum absolute atomic E-state index is 12.2. The van der Waals surface area contributed by atoms with Crippen LogP contribution in [-0.2, 0) is 14.8 Å². The van der Waals surface area contributed by atoms with Gasteiger partial charge in [0.1, 0.15) is 0 Å². The standard InChI is InChI=1S/C16H19N3O5S/c20-16(14-12-15(24-18-14)13-4-2-1-3-5-13)17-6-11-25(21,22)19-7-9-23-10-8-19/h1-5,12H,6-11H2,(H,17,20). The Morgan fingerprint density at radius 1 is 1.20 bits per heavy atom. The number of aromatic nitrogens is 1. The summed E-state index contributed by atoms with van der Waals surface area (Å²) in [5.74, 6) is -0.155. The number of carbonyl (C=O) groups excluding carboxylic acids is 1. The number of nitrogens with one attached hydrogen (secondary N) is 1. The molecule has 1 aliphatic rings. The number of amides is 1. The second-order valence-corrected chi connectivity index (χ2v) is 7.61. The smallest absolute Gasteiger partial charge is 0.273 e. The first kappa shape index (κ1) is 17.6. The van der Waals surface area contributed by atoms with Crippen LogP contribution in [0, 0.1) is 0 Å². The Labute approximate surface area is 145 Å². The minimum atomic E-state index is -3.40. The predicted molar refractivity (Wildman–Crippen MR) is 90.5 cm³/mol. The SMILES string of the molecule is O=C(NCCS(=O)(=O)N1CCOCC1)c1cc(-c2ccccc2)on1. The molecule has 134 valence electrons. The molecule has 0 saturated carbocycles. The number of ether oxygens (including phenoxy) is 1. The lowest BCUT2D eigenvalue weighted by atomic mass is 10.1. The van der Waals surface area contributed by atoms with Crippen molar-refractivity contribution in [2.75, 3.05) is 38.6 Å². The van der Waals surface area contributed by atoms with E-state index in [9.17, 15) is 13.2 Å². The first-order valence-corrected chi connectivity index (χ1v) is 9.53. The van der Waals surface area contributed by atoms with E-state index in [0.29, 0.717) is 32.1 Å². The average molecular weight is 365 g/mol. The fourth-order valence-corrected chi connectivity index (χ4v) is 3.78. The van der Waals surface area contributed by atoms with Gasteiger partial charge in [-0.05, 0) is 0 Å². The summed E-state index contributed by atoms with van der Waals surface area (Å²) in [6, 6.07) is 10.8. The summed E-state index contributed by atoms with van der Waals surface area (Å²) < 4.78 is 36.0. The summed E-state index contributed by atoms with van der Waals surface area (Å²) in [6.45, 7) is 1.49. The zero-order valence-corrected chi connectivity index (χ0v) is 14.4. The quantitative estimate of drug-likeness (QED) is 0.810. The summed E-state index contributed by atoms with van der Waals surface area (Å²) in [5, 5.41) is 6.29. The lowest BCUT2D eigenvalue weighted by Gasteiger charge is -2.25. The molecule has 1 saturated heterocycles. The minimum Gasteiger partial charge on any atom is -0.379 e. The first-order valence-electron chi connectivity index (χ1n) is 7.92. The maximum Gasteiger partial charge on any atom is 0.273 e. The van der Waals surface area contributed by atoms with Crippen LogP contribution in [0.25, 0.3) is 11.3 Å². The first-order chi connectivity index (χ1) is 12.1. The molecule has 0 bridgehead atoms. The summed E-state index contributed by atoms with van der Waals surface area (Å²) in [7, 11) is -3.40. The van der Waals surface area contributed by atoms with Gasteiger partial charge < -0.3 is 14.6 Å². The zero-order valence-electron chi connectivity index (χ0n) is 13.6. The molecule has 1 aromatic carbocycles. The third-order valence-corrected chi connectivity index (χ3v) is 5.68. The van der Waals surface area contributed by atoms with Crippen LogP contribution in [0.15, 0.2) is 40.9 Å². The van der Waals surface area contributed by atoms with Gasteiger partial charge in [0.05, 0.1) is 19.0 Å². The van der Waals surface area contributed by atoms with Crippen molar-refractivity contribution in [1.29, 1.82) is 0 Å². The molecular weight excluding hydrogens is 346 g/mol. The van der Waals surface area contributed by atoms with Gasteiger partial charge in [0.25, 0.3) is 5.91 Å². The zero-order chi connectivity index (χ0) is 17.7. The fourth-order valence-electron chi connectivity index (χ4n) is 2.46. The van der Waals surface area contributed by atoms with Gasteiger partial charge in [0.15, 0.2) is 11.5 Å². The predicted octanol–water partition coefficient (Wildman–Crippen LogP) is 0.733. The molecule has 3 rings (SSSR count). The Kier molecular flexibility index (Phi) is 5.47. The van der Waals surface area contributed by atoms with Gasteiger partial charge in [-0.3, -0.25) is 4.79 Å². The Bertz CT molecular complexity index is 813. The second kappa shape index (κ2) is 7.77. The van der Waals surface area contributed by atoms with Crippen LogP contribution in [0.3, 0.4) is 0 Å². The van der Waals surface area contributed by atoms with Gasteiger partial charge in [-0.15, -0.1) is 0 Å². The normalized spacial score (nSPS) is 15.8. The summed E-state index contributed by atoms with van der Waals surface area (Å²) in [4.78, 5) is 12.1. The number of nitrogens with zero attached hydrogens (tertiary/aromatic N) is 2. The van der Waals surface area contributed by atoms with E-state index in [1.54, 1.807) is 0 Å². The Morgan fingerprint density at radius 3 is 2.64 bits per heavy atom. The minimum absolute atomic E-state index is 0.00601. The molecule has 2 heterocycles. The van der Waals surface area contributed by atoms with Crippen LogP contribution in [0.2, 0.25) is 0 Å². The molecular formula is C16H19N3O5S. The van der Waals surface area contributed by atoms with E-state index in [4.69, 9.17) is 9.26 Å². The Hall–Kier alpha value is -2.23. The van der Waals surface area contributed by atoms with E-state index in [-0.39, 0.29) is 18.0 Å². The topological polar surface area (TPSA) is 102 Å². The Balaban J connectivity index is 1.54.